The maximum atomic E-state index is 15.0. The summed E-state index contributed by atoms with van der Waals surface area (Å²) < 4.78 is 69.6. The van der Waals surface area contributed by atoms with E-state index in [9.17, 15) is 5.26 Å². The molecule has 0 spiro atoms. The number of aryl methyl sites for hydroxylation is 1. The quantitative estimate of drug-likeness (QED) is 0.224. The van der Waals surface area contributed by atoms with Crippen molar-refractivity contribution in [1.29, 1.82) is 5.26 Å². The molecule has 3 aromatic heterocycles. The predicted octanol–water partition coefficient (Wildman–Crippen LogP) is 8.27. The summed E-state index contributed by atoms with van der Waals surface area (Å²) in [7, 11) is 1.42. The SMILES string of the molecule is [2H]c1c(C([2H])([2H])[2H])c(F)c([2H])[n+](C)c1-c1c(C)ccc2c1oc1c(-c3ccc4c(c3)oc3ccccc34)c(C#N)ccc12. The first-order valence-electron chi connectivity index (χ1n) is 14.5. The number of para-hydroxylation sites is 1. The van der Waals surface area contributed by atoms with Crippen molar-refractivity contribution in [2.24, 2.45) is 7.05 Å². The normalized spacial score (nSPS) is 13.9. The van der Waals surface area contributed by atoms with E-state index in [-0.39, 0.29) is 5.69 Å². The van der Waals surface area contributed by atoms with Gasteiger partial charge >= 0.3 is 0 Å². The molecule has 0 fully saturated rings. The van der Waals surface area contributed by atoms with Gasteiger partial charge in [0.1, 0.15) is 30.8 Å². The minimum absolute atomic E-state index is 0.0467. The summed E-state index contributed by atoms with van der Waals surface area (Å²) in [5.74, 6) is -1.26. The number of hydrogen-bond donors (Lipinski definition) is 0. The standard InChI is InChI=1S/C33H22FN2O2/c1-18-8-11-24-25-13-10-21(16-35)31(20-9-12-23-22-6-4-5-7-28(22)37-29(23)15-20)33(25)38-32(24)30(18)27-14-19(2)26(34)17-36(27)3/h4-15,17H,1-3H3/q+1/i2D3,14D,17D. The van der Waals surface area contributed by atoms with Crippen LogP contribution in [0.1, 0.15) is 23.5 Å². The molecular weight excluding hydrogens is 475 g/mol. The van der Waals surface area contributed by atoms with E-state index in [1.807, 2.05) is 54.6 Å². The fourth-order valence-electron chi connectivity index (χ4n) is 5.30. The summed E-state index contributed by atoms with van der Waals surface area (Å²) in [6, 6.07) is 22.4. The van der Waals surface area contributed by atoms with E-state index in [4.69, 9.17) is 15.7 Å². The van der Waals surface area contributed by atoms with Crippen molar-refractivity contribution < 1.29 is 24.6 Å². The highest BCUT2D eigenvalue weighted by atomic mass is 19.1. The van der Waals surface area contributed by atoms with E-state index >= 15 is 4.39 Å². The summed E-state index contributed by atoms with van der Waals surface area (Å²) in [6.07, 6.45) is -0.656. The van der Waals surface area contributed by atoms with Crippen LogP contribution in [0.2, 0.25) is 0 Å². The third kappa shape index (κ3) is 3.10. The fraction of sp³-hybridized carbons (Fsp3) is 0.0909. The van der Waals surface area contributed by atoms with Gasteiger partial charge in [-0.05, 0) is 60.8 Å². The van der Waals surface area contributed by atoms with Crippen molar-refractivity contribution in [1.82, 2.24) is 0 Å². The molecule has 182 valence electrons. The maximum Gasteiger partial charge on any atom is 0.216 e. The Morgan fingerprint density at radius 2 is 1.61 bits per heavy atom. The van der Waals surface area contributed by atoms with Crippen LogP contribution < -0.4 is 4.57 Å². The van der Waals surface area contributed by atoms with E-state index in [1.54, 1.807) is 19.1 Å². The molecule has 0 saturated carbocycles. The molecule has 0 radical (unpaired) electrons. The Morgan fingerprint density at radius 3 is 2.42 bits per heavy atom. The second kappa shape index (κ2) is 8.03. The van der Waals surface area contributed by atoms with Crippen LogP contribution in [0.5, 0.6) is 0 Å². The van der Waals surface area contributed by atoms with Crippen LogP contribution in [0, 0.1) is 30.9 Å². The van der Waals surface area contributed by atoms with E-state index in [0.717, 1.165) is 16.4 Å². The smallest absolute Gasteiger partial charge is 0.216 e. The van der Waals surface area contributed by atoms with Gasteiger partial charge in [-0.25, -0.2) is 4.39 Å². The van der Waals surface area contributed by atoms with E-state index in [2.05, 4.69) is 6.07 Å². The van der Waals surface area contributed by atoms with Gasteiger partial charge in [0.15, 0.2) is 5.82 Å². The lowest BCUT2D eigenvalue weighted by Gasteiger charge is -2.07. The molecule has 7 aromatic rings. The Balaban J connectivity index is 1.57. The van der Waals surface area contributed by atoms with Crippen LogP contribution in [-0.2, 0) is 7.05 Å². The molecule has 5 heteroatoms. The van der Waals surface area contributed by atoms with Crippen molar-refractivity contribution in [3.05, 3.63) is 101 Å². The Kier molecular flexibility index (Phi) is 3.70. The number of hydrogen-bond acceptors (Lipinski definition) is 3. The molecule has 0 N–H and O–H groups in total. The molecule has 38 heavy (non-hydrogen) atoms. The van der Waals surface area contributed by atoms with Gasteiger partial charge in [0, 0.05) is 37.3 Å². The van der Waals surface area contributed by atoms with E-state index in [1.165, 1.54) is 11.6 Å². The van der Waals surface area contributed by atoms with Crippen molar-refractivity contribution in [2.75, 3.05) is 0 Å². The number of benzene rings is 4. The Morgan fingerprint density at radius 1 is 0.868 bits per heavy atom. The average molecular weight is 503 g/mol. The lowest BCUT2D eigenvalue weighted by molar-refractivity contribution is -0.662. The summed E-state index contributed by atoms with van der Waals surface area (Å²) in [5, 5.41) is 13.4. The Hall–Kier alpha value is -4.95. The molecule has 0 atom stereocenters. The summed E-state index contributed by atoms with van der Waals surface area (Å²) in [5.41, 5.74) is 4.06. The minimum Gasteiger partial charge on any atom is -0.456 e. The molecule has 0 aliphatic heterocycles. The zero-order valence-corrected chi connectivity index (χ0v) is 20.4. The molecule has 4 aromatic carbocycles. The first kappa shape index (κ1) is 17.5. The predicted molar refractivity (Wildman–Crippen MR) is 147 cm³/mol. The molecule has 0 unspecified atom stereocenters. The van der Waals surface area contributed by atoms with E-state index in [0.29, 0.717) is 55.3 Å². The van der Waals surface area contributed by atoms with Gasteiger partial charge < -0.3 is 8.83 Å². The Labute approximate surface area is 224 Å². The van der Waals surface area contributed by atoms with Gasteiger partial charge in [-0.1, -0.05) is 36.4 Å². The first-order chi connectivity index (χ1) is 20.5. The van der Waals surface area contributed by atoms with Crippen LogP contribution in [0.4, 0.5) is 4.39 Å². The fourth-order valence-corrected chi connectivity index (χ4v) is 5.30. The van der Waals surface area contributed by atoms with Gasteiger partial charge in [0.25, 0.3) is 0 Å². The average Bonchev–Trinajstić information content (AvgIpc) is 3.53. The number of rotatable bonds is 2. The van der Waals surface area contributed by atoms with Crippen LogP contribution in [0.15, 0.2) is 87.8 Å². The van der Waals surface area contributed by atoms with Gasteiger partial charge in [-0.2, -0.15) is 9.83 Å². The number of furan rings is 2. The second-order valence-corrected chi connectivity index (χ2v) is 9.36. The zero-order valence-electron chi connectivity index (χ0n) is 25.4. The second-order valence-electron chi connectivity index (χ2n) is 9.36. The molecule has 0 bridgehead atoms. The number of nitriles is 1. The minimum atomic E-state index is -2.94. The largest absolute Gasteiger partial charge is 0.456 e. The van der Waals surface area contributed by atoms with Crippen molar-refractivity contribution in [2.45, 2.75) is 13.8 Å². The monoisotopic (exact) mass is 502 g/mol. The lowest BCUT2D eigenvalue weighted by atomic mass is 9.95. The number of aromatic nitrogens is 1. The van der Waals surface area contributed by atoms with Gasteiger partial charge in [-0.3, -0.25) is 0 Å². The maximum absolute atomic E-state index is 15.0. The van der Waals surface area contributed by atoms with Gasteiger partial charge in [-0.15, -0.1) is 0 Å². The number of halogens is 1. The molecular formula is C33H22FN2O2+. The van der Waals surface area contributed by atoms with Crippen molar-refractivity contribution in [3.8, 4) is 28.5 Å². The van der Waals surface area contributed by atoms with Crippen LogP contribution >= 0.6 is 0 Å². The van der Waals surface area contributed by atoms with Gasteiger partial charge in [0.05, 0.1) is 18.6 Å². The van der Waals surface area contributed by atoms with Crippen molar-refractivity contribution in [3.63, 3.8) is 0 Å². The number of nitrogens with zero attached hydrogens (tertiary/aromatic N) is 2. The van der Waals surface area contributed by atoms with Gasteiger partial charge in [0.2, 0.25) is 11.9 Å². The highest BCUT2D eigenvalue weighted by molar-refractivity contribution is 6.14. The molecule has 3 heterocycles. The zero-order chi connectivity index (χ0) is 30.4. The summed E-state index contributed by atoms with van der Waals surface area (Å²) in [4.78, 5) is 0. The molecule has 0 saturated heterocycles. The molecule has 0 aliphatic carbocycles. The molecule has 0 amide bonds. The molecule has 7 rings (SSSR count). The summed E-state index contributed by atoms with van der Waals surface area (Å²) in [6.45, 7) is -1.17. The van der Waals surface area contributed by atoms with Crippen LogP contribution in [0.3, 0.4) is 0 Å². The third-order valence-corrected chi connectivity index (χ3v) is 7.11. The van der Waals surface area contributed by atoms with E-state index < -0.39 is 30.4 Å². The third-order valence-electron chi connectivity index (χ3n) is 7.11. The molecule has 0 aliphatic rings. The highest BCUT2D eigenvalue weighted by Crippen LogP contribution is 2.43. The molecule has 4 nitrogen and oxygen atoms in total. The van der Waals surface area contributed by atoms with Crippen LogP contribution in [-0.4, -0.2) is 0 Å². The highest BCUT2D eigenvalue weighted by Gasteiger charge is 2.24. The van der Waals surface area contributed by atoms with Crippen LogP contribution in [0.25, 0.3) is 66.3 Å². The number of pyridine rings is 1. The number of fused-ring (bicyclic) bond motifs is 6. The summed E-state index contributed by atoms with van der Waals surface area (Å²) >= 11 is 0. The first-order valence-corrected chi connectivity index (χ1v) is 12.0. The Bertz CT molecular complexity index is 2360. The van der Waals surface area contributed by atoms with Crippen molar-refractivity contribution >= 4 is 43.9 Å². The topological polar surface area (TPSA) is 54.0 Å². The lowest BCUT2D eigenvalue weighted by Crippen LogP contribution is -2.31.